The van der Waals surface area contributed by atoms with Gasteiger partial charge in [-0.1, -0.05) is 25.0 Å². The van der Waals surface area contributed by atoms with E-state index >= 15 is 0 Å². The summed E-state index contributed by atoms with van der Waals surface area (Å²) in [4.78, 5) is 2.53. The number of hydrogen-bond acceptors (Lipinski definition) is 4. The zero-order valence-electron chi connectivity index (χ0n) is 16.1. The molecule has 1 saturated heterocycles. The normalized spacial score (nSPS) is 25.9. The van der Waals surface area contributed by atoms with E-state index in [0.717, 1.165) is 31.8 Å². The van der Waals surface area contributed by atoms with Crippen LogP contribution in [0, 0.1) is 13.8 Å². The van der Waals surface area contributed by atoms with Crippen molar-refractivity contribution in [3.05, 3.63) is 28.8 Å². The summed E-state index contributed by atoms with van der Waals surface area (Å²) >= 11 is 0. The molecule has 0 amide bonds. The number of rotatable bonds is 5. The van der Waals surface area contributed by atoms with Gasteiger partial charge in [0, 0.05) is 31.7 Å². The Labute approximate surface area is 152 Å². The lowest BCUT2D eigenvalue weighted by molar-refractivity contribution is 0.00714. The Bertz CT molecular complexity index is 544. The highest BCUT2D eigenvalue weighted by Gasteiger charge is 2.31. The van der Waals surface area contributed by atoms with E-state index in [1.807, 2.05) is 0 Å². The summed E-state index contributed by atoms with van der Waals surface area (Å²) in [6, 6.07) is 5.44. The van der Waals surface area contributed by atoms with Crippen LogP contribution in [0.3, 0.4) is 0 Å². The van der Waals surface area contributed by atoms with Gasteiger partial charge >= 0.3 is 0 Å². The highest BCUT2D eigenvalue weighted by Crippen LogP contribution is 2.27. The summed E-state index contributed by atoms with van der Waals surface area (Å²) < 4.78 is 5.46. The molecule has 4 nitrogen and oxygen atoms in total. The third kappa shape index (κ3) is 4.55. The second-order valence-corrected chi connectivity index (χ2v) is 7.87. The predicted octanol–water partition coefficient (Wildman–Crippen LogP) is 3.17. The van der Waals surface area contributed by atoms with E-state index < -0.39 is 0 Å². The summed E-state index contributed by atoms with van der Waals surface area (Å²) in [5, 5.41) is 14.0. The van der Waals surface area contributed by atoms with E-state index in [0.29, 0.717) is 12.1 Å². The summed E-state index contributed by atoms with van der Waals surface area (Å²) in [6.45, 7) is 7.37. The second kappa shape index (κ2) is 8.52. The number of methoxy groups -OCH3 is 1. The van der Waals surface area contributed by atoms with Gasteiger partial charge in [0.2, 0.25) is 0 Å². The number of likely N-dealkylation sites (tertiary alicyclic amines) is 1. The quantitative estimate of drug-likeness (QED) is 0.860. The van der Waals surface area contributed by atoms with Gasteiger partial charge in [-0.05, 0) is 56.2 Å². The molecule has 1 saturated carbocycles. The Hall–Kier alpha value is -1.10. The number of piperidine rings is 1. The van der Waals surface area contributed by atoms with Gasteiger partial charge in [-0.2, -0.15) is 0 Å². The Morgan fingerprint density at radius 3 is 2.32 bits per heavy atom. The van der Waals surface area contributed by atoms with Crippen LogP contribution in [0.4, 0.5) is 0 Å². The standard InChI is InChI=1S/C21H34N2O2/c1-15-12-17(13-16(2)21(15)25-3)14-22-18-8-10-23(11-9-18)19-6-4-5-7-20(19)24/h12-13,18-20,22,24H,4-11,14H2,1-3H3. The first kappa shape index (κ1) is 18.7. The van der Waals surface area contributed by atoms with Gasteiger partial charge < -0.3 is 15.2 Å². The van der Waals surface area contributed by atoms with E-state index in [9.17, 15) is 5.11 Å². The van der Waals surface area contributed by atoms with Crippen molar-refractivity contribution in [2.75, 3.05) is 20.2 Å². The molecule has 4 heteroatoms. The summed E-state index contributed by atoms with van der Waals surface area (Å²) in [7, 11) is 1.74. The highest BCUT2D eigenvalue weighted by molar-refractivity contribution is 5.43. The van der Waals surface area contributed by atoms with Gasteiger partial charge in [-0.15, -0.1) is 0 Å². The van der Waals surface area contributed by atoms with Crippen molar-refractivity contribution in [2.45, 2.75) is 77.1 Å². The lowest BCUT2D eigenvalue weighted by Gasteiger charge is -2.41. The van der Waals surface area contributed by atoms with Crippen molar-refractivity contribution in [3.63, 3.8) is 0 Å². The molecule has 1 aliphatic heterocycles. The average Bonchev–Trinajstić information content (AvgIpc) is 2.61. The minimum absolute atomic E-state index is 0.108. The molecule has 1 aliphatic carbocycles. The molecular formula is C21H34N2O2. The van der Waals surface area contributed by atoms with Crippen LogP contribution >= 0.6 is 0 Å². The number of ether oxygens (including phenoxy) is 1. The molecule has 25 heavy (non-hydrogen) atoms. The first-order chi connectivity index (χ1) is 12.1. The molecule has 2 fully saturated rings. The number of aryl methyl sites for hydroxylation is 2. The maximum absolute atomic E-state index is 10.3. The molecule has 2 N–H and O–H groups in total. The zero-order chi connectivity index (χ0) is 17.8. The fourth-order valence-electron chi connectivity index (χ4n) is 4.68. The van der Waals surface area contributed by atoms with Crippen LogP contribution in [0.5, 0.6) is 5.75 Å². The van der Waals surface area contributed by atoms with Crippen LogP contribution < -0.4 is 10.1 Å². The molecule has 140 valence electrons. The maximum Gasteiger partial charge on any atom is 0.124 e. The number of aliphatic hydroxyl groups is 1. The van der Waals surface area contributed by atoms with Crippen molar-refractivity contribution >= 4 is 0 Å². The lowest BCUT2D eigenvalue weighted by atomic mass is 9.89. The fraction of sp³-hybridized carbons (Fsp3) is 0.714. The van der Waals surface area contributed by atoms with Gasteiger partial charge in [0.05, 0.1) is 13.2 Å². The predicted molar refractivity (Wildman–Crippen MR) is 102 cm³/mol. The Kier molecular flexibility index (Phi) is 6.37. The first-order valence-corrected chi connectivity index (χ1v) is 9.88. The van der Waals surface area contributed by atoms with Crippen molar-refractivity contribution < 1.29 is 9.84 Å². The smallest absolute Gasteiger partial charge is 0.124 e. The van der Waals surface area contributed by atoms with Crippen molar-refractivity contribution in [1.82, 2.24) is 10.2 Å². The van der Waals surface area contributed by atoms with Gasteiger partial charge in [-0.3, -0.25) is 4.90 Å². The van der Waals surface area contributed by atoms with E-state index in [4.69, 9.17) is 4.74 Å². The first-order valence-electron chi connectivity index (χ1n) is 9.88. The van der Waals surface area contributed by atoms with Gasteiger partial charge in [0.15, 0.2) is 0 Å². The zero-order valence-corrected chi connectivity index (χ0v) is 16.1. The summed E-state index contributed by atoms with van der Waals surface area (Å²) in [6.07, 6.45) is 6.87. The minimum Gasteiger partial charge on any atom is -0.496 e. The lowest BCUT2D eigenvalue weighted by Crippen LogP contribution is -2.51. The second-order valence-electron chi connectivity index (χ2n) is 7.87. The molecule has 0 aromatic heterocycles. The SMILES string of the molecule is COc1c(C)cc(CNC2CCN(C3CCCCC3O)CC2)cc1C. The molecule has 2 atom stereocenters. The van der Waals surface area contributed by atoms with E-state index in [1.165, 1.54) is 48.8 Å². The van der Waals surface area contributed by atoms with Crippen LogP contribution in [0.2, 0.25) is 0 Å². The third-order valence-corrected chi connectivity index (χ3v) is 6.01. The van der Waals surface area contributed by atoms with Crippen LogP contribution in [-0.2, 0) is 6.54 Å². The highest BCUT2D eigenvalue weighted by atomic mass is 16.5. The van der Waals surface area contributed by atoms with Gasteiger partial charge in [0.1, 0.15) is 5.75 Å². The number of benzene rings is 1. The Morgan fingerprint density at radius 1 is 1.08 bits per heavy atom. The molecule has 0 spiro atoms. The molecule has 2 aliphatic rings. The fourth-order valence-corrected chi connectivity index (χ4v) is 4.68. The molecule has 1 heterocycles. The summed E-state index contributed by atoms with van der Waals surface area (Å²) in [5.41, 5.74) is 3.75. The van der Waals surface area contributed by atoms with Crippen LogP contribution in [0.25, 0.3) is 0 Å². The Balaban J connectivity index is 1.48. The van der Waals surface area contributed by atoms with Crippen LogP contribution in [0.15, 0.2) is 12.1 Å². The van der Waals surface area contributed by atoms with E-state index in [1.54, 1.807) is 7.11 Å². The molecule has 0 bridgehead atoms. The summed E-state index contributed by atoms with van der Waals surface area (Å²) in [5.74, 6) is 1.00. The van der Waals surface area contributed by atoms with E-state index in [2.05, 4.69) is 36.2 Å². The Morgan fingerprint density at radius 2 is 1.72 bits per heavy atom. The van der Waals surface area contributed by atoms with Crippen molar-refractivity contribution in [2.24, 2.45) is 0 Å². The van der Waals surface area contributed by atoms with Gasteiger partial charge in [0.25, 0.3) is 0 Å². The van der Waals surface area contributed by atoms with Crippen LogP contribution in [0.1, 0.15) is 55.2 Å². The van der Waals surface area contributed by atoms with E-state index in [-0.39, 0.29) is 6.10 Å². The number of nitrogens with zero attached hydrogens (tertiary/aromatic N) is 1. The number of nitrogens with one attached hydrogen (secondary N) is 1. The number of hydrogen-bond donors (Lipinski definition) is 2. The molecule has 2 unspecified atom stereocenters. The van der Waals surface area contributed by atoms with Crippen molar-refractivity contribution in [3.8, 4) is 5.75 Å². The van der Waals surface area contributed by atoms with Gasteiger partial charge in [-0.25, -0.2) is 0 Å². The molecule has 0 radical (unpaired) electrons. The number of aliphatic hydroxyl groups excluding tert-OH is 1. The molecule has 1 aromatic carbocycles. The van der Waals surface area contributed by atoms with Crippen LogP contribution in [-0.4, -0.2) is 48.4 Å². The monoisotopic (exact) mass is 346 g/mol. The molecule has 3 rings (SSSR count). The minimum atomic E-state index is -0.108. The average molecular weight is 347 g/mol. The maximum atomic E-state index is 10.3. The topological polar surface area (TPSA) is 44.7 Å². The molecule has 1 aromatic rings. The molecular weight excluding hydrogens is 312 g/mol. The third-order valence-electron chi connectivity index (χ3n) is 6.01. The largest absolute Gasteiger partial charge is 0.496 e. The van der Waals surface area contributed by atoms with Crippen molar-refractivity contribution in [1.29, 1.82) is 0 Å².